The lowest BCUT2D eigenvalue weighted by atomic mass is 10.1. The summed E-state index contributed by atoms with van der Waals surface area (Å²) in [7, 11) is 0. The van der Waals surface area contributed by atoms with E-state index in [1.54, 1.807) is 5.57 Å². The van der Waals surface area contributed by atoms with Gasteiger partial charge < -0.3 is 0 Å². The predicted molar refractivity (Wildman–Crippen MR) is 62.0 cm³/mol. The van der Waals surface area contributed by atoms with Crippen LogP contribution >= 0.6 is 0 Å². The zero-order valence-electron chi connectivity index (χ0n) is 8.66. The summed E-state index contributed by atoms with van der Waals surface area (Å²) in [5.41, 5.74) is 4.39. The van der Waals surface area contributed by atoms with E-state index in [9.17, 15) is 0 Å². The molecule has 0 nitrogen and oxygen atoms in total. The normalized spacial score (nSPS) is 16.9. The number of benzene rings is 1. The molecule has 0 saturated heterocycles. The van der Waals surface area contributed by atoms with E-state index in [2.05, 4.69) is 49.4 Å². The van der Waals surface area contributed by atoms with Gasteiger partial charge in [0.1, 0.15) is 0 Å². The van der Waals surface area contributed by atoms with Crippen LogP contribution in [-0.4, -0.2) is 0 Å². The Morgan fingerprint density at radius 1 is 1.00 bits per heavy atom. The molecule has 0 heteroatoms. The van der Waals surface area contributed by atoms with Gasteiger partial charge in [-0.1, -0.05) is 48.1 Å². The van der Waals surface area contributed by atoms with Crippen LogP contribution in [-0.2, 0) is 0 Å². The van der Waals surface area contributed by atoms with Gasteiger partial charge in [-0.3, -0.25) is 0 Å². The molecular formula is C14H16. The molecule has 0 heterocycles. The van der Waals surface area contributed by atoms with Gasteiger partial charge in [0.25, 0.3) is 0 Å². The van der Waals surface area contributed by atoms with E-state index >= 15 is 0 Å². The van der Waals surface area contributed by atoms with Gasteiger partial charge >= 0.3 is 0 Å². The highest BCUT2D eigenvalue weighted by atomic mass is 14.1. The molecule has 0 atom stereocenters. The van der Waals surface area contributed by atoms with Crippen molar-refractivity contribution in [1.82, 2.24) is 0 Å². The summed E-state index contributed by atoms with van der Waals surface area (Å²) in [6.07, 6.45) is 8.37. The summed E-state index contributed by atoms with van der Waals surface area (Å²) in [6.45, 7) is 2.25. The second kappa shape index (κ2) is 4.28. The van der Waals surface area contributed by atoms with Crippen LogP contribution in [0.2, 0.25) is 0 Å². The molecule has 0 saturated carbocycles. The summed E-state index contributed by atoms with van der Waals surface area (Å²) >= 11 is 0. The molecule has 0 fully saturated rings. The molecule has 1 aromatic rings. The molecule has 1 aromatic carbocycles. The molecule has 1 aliphatic rings. The fourth-order valence-corrected chi connectivity index (χ4v) is 1.90. The van der Waals surface area contributed by atoms with Crippen LogP contribution < -0.4 is 0 Å². The van der Waals surface area contributed by atoms with Crippen molar-refractivity contribution in [2.75, 3.05) is 0 Å². The zero-order chi connectivity index (χ0) is 9.80. The van der Waals surface area contributed by atoms with Gasteiger partial charge in [0.15, 0.2) is 0 Å². The summed E-state index contributed by atoms with van der Waals surface area (Å²) in [4.78, 5) is 0. The van der Waals surface area contributed by atoms with Crippen molar-refractivity contribution in [1.29, 1.82) is 0 Å². The average Bonchev–Trinajstić information content (AvgIpc) is 2.63. The first-order valence-electron chi connectivity index (χ1n) is 5.28. The summed E-state index contributed by atoms with van der Waals surface area (Å²) < 4.78 is 0. The summed E-state index contributed by atoms with van der Waals surface area (Å²) in [6, 6.07) is 10.5. The largest absolute Gasteiger partial charge is 0.0701 e. The van der Waals surface area contributed by atoms with E-state index in [0.29, 0.717) is 0 Å². The third-order valence-electron chi connectivity index (χ3n) is 2.82. The van der Waals surface area contributed by atoms with Gasteiger partial charge in [-0.25, -0.2) is 0 Å². The SMILES string of the molecule is CC1=C(/C=C/c2ccccc2)CCC1. The molecule has 0 bridgehead atoms. The van der Waals surface area contributed by atoms with Gasteiger partial charge in [0.2, 0.25) is 0 Å². The first kappa shape index (κ1) is 9.26. The molecule has 0 aromatic heterocycles. The Kier molecular flexibility index (Phi) is 2.83. The van der Waals surface area contributed by atoms with E-state index in [0.717, 1.165) is 0 Å². The van der Waals surface area contributed by atoms with Crippen molar-refractivity contribution in [3.8, 4) is 0 Å². The first-order chi connectivity index (χ1) is 6.86. The van der Waals surface area contributed by atoms with Crippen LogP contribution in [0.3, 0.4) is 0 Å². The van der Waals surface area contributed by atoms with Crippen LogP contribution in [0.4, 0.5) is 0 Å². The van der Waals surface area contributed by atoms with Crippen LogP contribution in [0.5, 0.6) is 0 Å². The lowest BCUT2D eigenvalue weighted by Crippen LogP contribution is -1.74. The van der Waals surface area contributed by atoms with Gasteiger partial charge in [-0.05, 0) is 37.3 Å². The molecular weight excluding hydrogens is 168 g/mol. The highest BCUT2D eigenvalue weighted by Crippen LogP contribution is 2.26. The molecule has 0 unspecified atom stereocenters. The molecule has 2 rings (SSSR count). The topological polar surface area (TPSA) is 0 Å². The number of rotatable bonds is 2. The van der Waals surface area contributed by atoms with Gasteiger partial charge in [0.05, 0.1) is 0 Å². The minimum absolute atomic E-state index is 1.26. The highest BCUT2D eigenvalue weighted by Gasteiger charge is 2.06. The van der Waals surface area contributed by atoms with Crippen LogP contribution in [0.1, 0.15) is 31.7 Å². The molecule has 0 N–H and O–H groups in total. The van der Waals surface area contributed by atoms with Crippen LogP contribution in [0, 0.1) is 0 Å². The Balaban J connectivity index is 2.11. The van der Waals surface area contributed by atoms with Gasteiger partial charge in [-0.15, -0.1) is 0 Å². The predicted octanol–water partition coefficient (Wildman–Crippen LogP) is 4.20. The van der Waals surface area contributed by atoms with Crippen molar-refractivity contribution < 1.29 is 0 Å². The zero-order valence-corrected chi connectivity index (χ0v) is 8.66. The van der Waals surface area contributed by atoms with E-state index in [4.69, 9.17) is 0 Å². The van der Waals surface area contributed by atoms with Gasteiger partial charge in [-0.2, -0.15) is 0 Å². The molecule has 0 radical (unpaired) electrons. The third kappa shape index (κ3) is 2.14. The van der Waals surface area contributed by atoms with Crippen LogP contribution in [0.15, 0.2) is 47.6 Å². The molecule has 0 aliphatic heterocycles. The maximum absolute atomic E-state index is 2.28. The Hall–Kier alpha value is -1.30. The highest BCUT2D eigenvalue weighted by molar-refractivity contribution is 5.53. The van der Waals surface area contributed by atoms with Gasteiger partial charge in [0, 0.05) is 0 Å². The molecule has 72 valence electrons. The summed E-state index contributed by atoms with van der Waals surface area (Å²) in [5, 5.41) is 0. The molecule has 0 spiro atoms. The second-order valence-corrected chi connectivity index (χ2v) is 3.90. The molecule has 1 aliphatic carbocycles. The van der Waals surface area contributed by atoms with E-state index < -0.39 is 0 Å². The second-order valence-electron chi connectivity index (χ2n) is 3.90. The molecule has 0 amide bonds. The molecule has 14 heavy (non-hydrogen) atoms. The number of hydrogen-bond donors (Lipinski definition) is 0. The van der Waals surface area contributed by atoms with Crippen molar-refractivity contribution >= 4 is 6.08 Å². The fourth-order valence-electron chi connectivity index (χ4n) is 1.90. The quantitative estimate of drug-likeness (QED) is 0.646. The van der Waals surface area contributed by atoms with Crippen molar-refractivity contribution in [2.45, 2.75) is 26.2 Å². The lowest BCUT2D eigenvalue weighted by Gasteiger charge is -1.95. The van der Waals surface area contributed by atoms with E-state index in [1.165, 1.54) is 30.4 Å². The minimum atomic E-state index is 1.26. The first-order valence-corrected chi connectivity index (χ1v) is 5.28. The fraction of sp³-hybridized carbons (Fsp3) is 0.286. The monoisotopic (exact) mass is 184 g/mol. The van der Waals surface area contributed by atoms with E-state index in [-0.39, 0.29) is 0 Å². The third-order valence-corrected chi connectivity index (χ3v) is 2.82. The maximum atomic E-state index is 2.28. The Morgan fingerprint density at radius 3 is 2.43 bits per heavy atom. The summed E-state index contributed by atoms with van der Waals surface area (Å²) in [5.74, 6) is 0. The number of hydrogen-bond acceptors (Lipinski definition) is 0. The van der Waals surface area contributed by atoms with E-state index in [1.807, 2.05) is 0 Å². The average molecular weight is 184 g/mol. The van der Waals surface area contributed by atoms with Crippen LogP contribution in [0.25, 0.3) is 6.08 Å². The Bertz CT molecular complexity index is 355. The van der Waals surface area contributed by atoms with Crippen molar-refractivity contribution in [2.24, 2.45) is 0 Å². The van der Waals surface area contributed by atoms with Crippen molar-refractivity contribution in [3.05, 3.63) is 53.1 Å². The standard InChI is InChI=1S/C14H16/c1-12-6-5-9-14(12)11-10-13-7-3-2-4-8-13/h2-4,7-8,10-11H,5-6,9H2,1H3/b11-10+. The smallest absolute Gasteiger partial charge is 0.0257 e. The lowest BCUT2D eigenvalue weighted by molar-refractivity contribution is 0.899. The maximum Gasteiger partial charge on any atom is -0.0257 e. The Morgan fingerprint density at radius 2 is 1.79 bits per heavy atom. The van der Waals surface area contributed by atoms with Crippen molar-refractivity contribution in [3.63, 3.8) is 0 Å². The number of allylic oxidation sites excluding steroid dienone is 3. The Labute approximate surface area is 86.0 Å². The minimum Gasteiger partial charge on any atom is -0.0701 e.